The first-order chi connectivity index (χ1) is 12.2. The molecule has 0 bridgehead atoms. The summed E-state index contributed by atoms with van der Waals surface area (Å²) < 4.78 is 75.8. The van der Waals surface area contributed by atoms with Crippen molar-refractivity contribution < 1.29 is 31.4 Å². The molecule has 1 aliphatic rings. The Labute approximate surface area is 146 Å². The van der Waals surface area contributed by atoms with Gasteiger partial charge in [0.25, 0.3) is 5.92 Å². The normalized spacial score (nSPS) is 18.5. The lowest BCUT2D eigenvalue weighted by Gasteiger charge is -2.14. The molecule has 0 aliphatic heterocycles. The number of hydrogen-bond donors (Lipinski definition) is 0. The van der Waals surface area contributed by atoms with Crippen LogP contribution in [0.2, 0.25) is 0 Å². The van der Waals surface area contributed by atoms with E-state index in [1.807, 2.05) is 0 Å². The van der Waals surface area contributed by atoms with Crippen molar-refractivity contribution in [3.63, 3.8) is 0 Å². The summed E-state index contributed by atoms with van der Waals surface area (Å²) in [6, 6.07) is 6.41. The fourth-order valence-corrected chi connectivity index (χ4v) is 2.68. The van der Waals surface area contributed by atoms with Gasteiger partial charge >= 0.3 is 6.18 Å². The molecule has 1 saturated carbocycles. The summed E-state index contributed by atoms with van der Waals surface area (Å²) >= 11 is 0. The third-order valence-corrected chi connectivity index (χ3v) is 4.20. The van der Waals surface area contributed by atoms with Crippen LogP contribution in [0.3, 0.4) is 0 Å². The van der Waals surface area contributed by atoms with Crippen LogP contribution in [-0.2, 0) is 6.18 Å². The molecule has 3 nitrogen and oxygen atoms in total. The van der Waals surface area contributed by atoms with Gasteiger partial charge in [-0.2, -0.15) is 13.2 Å². The van der Waals surface area contributed by atoms with Crippen molar-refractivity contribution in [3.8, 4) is 22.8 Å². The first-order valence-electron chi connectivity index (χ1n) is 7.93. The maximum Gasteiger partial charge on any atom is 0.416 e. The van der Waals surface area contributed by atoms with Crippen LogP contribution in [0.15, 0.2) is 36.5 Å². The van der Waals surface area contributed by atoms with E-state index < -0.39 is 23.6 Å². The molecule has 1 aromatic heterocycles. The Hall–Kier alpha value is -2.38. The Morgan fingerprint density at radius 1 is 1.23 bits per heavy atom. The van der Waals surface area contributed by atoms with Crippen molar-refractivity contribution in [3.05, 3.63) is 42.1 Å². The lowest BCUT2D eigenvalue weighted by Crippen LogP contribution is -2.07. The highest BCUT2D eigenvalue weighted by Crippen LogP contribution is 2.50. The molecule has 0 amide bonds. The lowest BCUT2D eigenvalue weighted by atomic mass is 10.0. The molecular formula is C18H16F5NO2. The smallest absolute Gasteiger partial charge is 0.416 e. The number of aromatic nitrogens is 1. The Bertz CT molecular complexity index is 791. The minimum Gasteiger partial charge on any atom is -0.494 e. The van der Waals surface area contributed by atoms with Crippen LogP contribution in [0.1, 0.15) is 18.4 Å². The zero-order valence-corrected chi connectivity index (χ0v) is 13.8. The maximum absolute atomic E-state index is 13.2. The number of halogens is 5. The fraction of sp³-hybridized carbons (Fsp3) is 0.389. The molecule has 1 aliphatic carbocycles. The van der Waals surface area contributed by atoms with Gasteiger partial charge in [-0.05, 0) is 42.3 Å². The molecule has 1 aromatic carbocycles. The van der Waals surface area contributed by atoms with Gasteiger partial charge in [-0.15, -0.1) is 0 Å². The van der Waals surface area contributed by atoms with Crippen LogP contribution in [-0.4, -0.2) is 24.6 Å². The van der Waals surface area contributed by atoms with Gasteiger partial charge in [0, 0.05) is 24.1 Å². The number of hydrogen-bond acceptors (Lipinski definition) is 3. The average molecular weight is 373 g/mol. The molecule has 140 valence electrons. The van der Waals surface area contributed by atoms with E-state index in [1.54, 1.807) is 12.1 Å². The molecule has 3 rings (SSSR count). The van der Waals surface area contributed by atoms with E-state index in [2.05, 4.69) is 4.98 Å². The molecule has 1 atom stereocenters. The molecule has 1 unspecified atom stereocenters. The fourth-order valence-electron chi connectivity index (χ4n) is 2.68. The predicted molar refractivity (Wildman–Crippen MR) is 84.4 cm³/mol. The average Bonchev–Trinajstić information content (AvgIpc) is 3.20. The summed E-state index contributed by atoms with van der Waals surface area (Å²) in [6.45, 7) is -0.0782. The first kappa shape index (κ1) is 18.4. The minimum atomic E-state index is -4.58. The van der Waals surface area contributed by atoms with Crippen molar-refractivity contribution in [1.82, 2.24) is 4.98 Å². The van der Waals surface area contributed by atoms with Crippen LogP contribution < -0.4 is 9.47 Å². The van der Waals surface area contributed by atoms with Gasteiger partial charge in [0.05, 0.1) is 19.3 Å². The van der Waals surface area contributed by atoms with Crippen LogP contribution in [0.5, 0.6) is 11.6 Å². The van der Waals surface area contributed by atoms with Gasteiger partial charge in [0.15, 0.2) is 0 Å². The van der Waals surface area contributed by atoms with Crippen LogP contribution in [0, 0.1) is 5.92 Å². The molecule has 0 spiro atoms. The van der Waals surface area contributed by atoms with Crippen LogP contribution >= 0.6 is 0 Å². The van der Waals surface area contributed by atoms with Crippen molar-refractivity contribution >= 4 is 0 Å². The Morgan fingerprint density at radius 2 is 1.96 bits per heavy atom. The number of alkyl halides is 5. The molecule has 0 N–H and O–H groups in total. The summed E-state index contributed by atoms with van der Waals surface area (Å²) in [6.07, 6.45) is -3.22. The molecule has 8 heteroatoms. The second-order valence-electron chi connectivity index (χ2n) is 6.10. The number of pyridine rings is 1. The van der Waals surface area contributed by atoms with Gasteiger partial charge < -0.3 is 9.47 Å². The van der Waals surface area contributed by atoms with Gasteiger partial charge in [0.2, 0.25) is 5.88 Å². The van der Waals surface area contributed by atoms with Gasteiger partial charge in [-0.3, -0.25) is 0 Å². The van der Waals surface area contributed by atoms with Gasteiger partial charge in [-0.25, -0.2) is 13.8 Å². The van der Waals surface area contributed by atoms with E-state index in [9.17, 15) is 22.0 Å². The Morgan fingerprint density at radius 3 is 2.58 bits per heavy atom. The predicted octanol–water partition coefficient (Wildman–Crippen LogP) is 5.20. The van der Waals surface area contributed by atoms with E-state index in [0.717, 1.165) is 12.1 Å². The van der Waals surface area contributed by atoms with Crippen LogP contribution in [0.4, 0.5) is 22.0 Å². The maximum atomic E-state index is 13.2. The van der Waals surface area contributed by atoms with Crippen molar-refractivity contribution in [2.45, 2.75) is 24.9 Å². The summed E-state index contributed by atoms with van der Waals surface area (Å²) in [5, 5.41) is 0. The van der Waals surface area contributed by atoms with E-state index in [4.69, 9.17) is 9.47 Å². The summed E-state index contributed by atoms with van der Waals surface area (Å²) in [4.78, 5) is 3.98. The zero-order valence-electron chi connectivity index (χ0n) is 13.8. The molecule has 0 saturated heterocycles. The van der Waals surface area contributed by atoms with Crippen molar-refractivity contribution in [1.29, 1.82) is 0 Å². The number of methoxy groups -OCH3 is 1. The number of nitrogens with zero attached hydrogens (tertiary/aromatic N) is 1. The second-order valence-corrected chi connectivity index (χ2v) is 6.10. The minimum absolute atomic E-state index is 0.0373. The summed E-state index contributed by atoms with van der Waals surface area (Å²) in [7, 11) is 1.37. The highest BCUT2D eigenvalue weighted by Gasteiger charge is 2.56. The molecular weight excluding hydrogens is 357 g/mol. The SMILES string of the molecule is COc1ncccc1-c1cc(OCCC2CC2(F)F)cc(C(F)(F)F)c1. The zero-order chi connectivity index (χ0) is 18.9. The van der Waals surface area contributed by atoms with Crippen molar-refractivity contribution in [2.24, 2.45) is 5.92 Å². The monoisotopic (exact) mass is 373 g/mol. The standard InChI is InChI=1S/C18H16F5NO2/c1-25-16-15(3-2-5-24-16)11-7-13(18(21,22)23)9-14(8-11)26-6-4-12-10-17(12,19)20/h2-3,5,7-9,12H,4,6,10H2,1H3. The Balaban J connectivity index is 1.87. The van der Waals surface area contributed by atoms with E-state index in [-0.39, 0.29) is 36.6 Å². The number of benzene rings is 1. The molecule has 1 heterocycles. The number of ether oxygens (including phenoxy) is 2. The first-order valence-corrected chi connectivity index (χ1v) is 7.93. The molecule has 1 fully saturated rings. The van der Waals surface area contributed by atoms with E-state index in [0.29, 0.717) is 5.56 Å². The van der Waals surface area contributed by atoms with Crippen molar-refractivity contribution in [2.75, 3.05) is 13.7 Å². The van der Waals surface area contributed by atoms with Crippen LogP contribution in [0.25, 0.3) is 11.1 Å². The van der Waals surface area contributed by atoms with Gasteiger partial charge in [0.1, 0.15) is 5.75 Å². The highest BCUT2D eigenvalue weighted by atomic mass is 19.4. The Kier molecular flexibility index (Phi) is 4.77. The quantitative estimate of drug-likeness (QED) is 0.652. The third kappa shape index (κ3) is 4.05. The largest absolute Gasteiger partial charge is 0.494 e. The number of rotatable bonds is 6. The van der Waals surface area contributed by atoms with Gasteiger partial charge in [-0.1, -0.05) is 0 Å². The topological polar surface area (TPSA) is 31.4 Å². The summed E-state index contributed by atoms with van der Waals surface area (Å²) in [5.74, 6) is -3.29. The molecule has 0 radical (unpaired) electrons. The second kappa shape index (κ2) is 6.74. The lowest BCUT2D eigenvalue weighted by molar-refractivity contribution is -0.137. The summed E-state index contributed by atoms with van der Waals surface area (Å²) in [5.41, 5.74) is -0.302. The third-order valence-electron chi connectivity index (χ3n) is 4.20. The van der Waals surface area contributed by atoms with E-state index in [1.165, 1.54) is 19.4 Å². The van der Waals surface area contributed by atoms with E-state index >= 15 is 0 Å². The molecule has 26 heavy (non-hydrogen) atoms. The highest BCUT2D eigenvalue weighted by molar-refractivity contribution is 5.70. The molecule has 2 aromatic rings.